The lowest BCUT2D eigenvalue weighted by molar-refractivity contribution is -0.149. The normalized spacial score (nSPS) is 15.1. The molecular formula is C18H36O3Si. The molecule has 0 rings (SSSR count). The molecule has 0 saturated heterocycles. The molecule has 0 bridgehead atoms. The molecule has 0 aliphatic rings. The summed E-state index contributed by atoms with van der Waals surface area (Å²) in [5, 5.41) is 0.191. The quantitative estimate of drug-likeness (QED) is 0.337. The molecule has 0 spiro atoms. The second-order valence-electron chi connectivity index (χ2n) is 8.12. The smallest absolute Gasteiger partial charge is 0.303 e. The molecule has 0 fully saturated rings. The van der Waals surface area contributed by atoms with Crippen LogP contribution in [0.1, 0.15) is 67.7 Å². The highest BCUT2D eigenvalue weighted by molar-refractivity contribution is 6.74. The van der Waals surface area contributed by atoms with Crippen LogP contribution in [-0.4, -0.2) is 26.0 Å². The first-order valence-electron chi connectivity index (χ1n) is 8.37. The van der Waals surface area contributed by atoms with E-state index in [0.29, 0.717) is 0 Å². The van der Waals surface area contributed by atoms with Gasteiger partial charge in [-0.1, -0.05) is 46.6 Å². The van der Waals surface area contributed by atoms with Crippen LogP contribution < -0.4 is 0 Å². The van der Waals surface area contributed by atoms with Gasteiger partial charge in [-0.25, -0.2) is 0 Å². The molecule has 22 heavy (non-hydrogen) atoms. The lowest BCUT2D eigenvalue weighted by Crippen LogP contribution is -2.43. The van der Waals surface area contributed by atoms with Crippen LogP contribution in [0.15, 0.2) is 12.2 Å². The number of hydrogen-bond acceptors (Lipinski definition) is 3. The molecule has 0 amide bonds. The van der Waals surface area contributed by atoms with E-state index in [-0.39, 0.29) is 17.1 Å². The number of ether oxygens (including phenoxy) is 1. The van der Waals surface area contributed by atoms with Crippen molar-refractivity contribution >= 4 is 14.3 Å². The minimum absolute atomic E-state index is 0.0932. The number of carbonyl (C=O) groups is 1. The van der Waals surface area contributed by atoms with Crippen molar-refractivity contribution in [2.75, 3.05) is 0 Å². The Hall–Kier alpha value is -0.613. The Bertz CT molecular complexity index is 378. The molecule has 0 unspecified atom stereocenters. The molecule has 0 heterocycles. The van der Waals surface area contributed by atoms with Gasteiger partial charge in [0.05, 0.1) is 6.10 Å². The van der Waals surface area contributed by atoms with Gasteiger partial charge in [0.2, 0.25) is 0 Å². The highest BCUT2D eigenvalue weighted by Crippen LogP contribution is 2.38. The number of unbranched alkanes of at least 4 members (excludes halogenated alkanes) is 1. The maximum Gasteiger partial charge on any atom is 0.303 e. The molecule has 0 saturated carbocycles. The van der Waals surface area contributed by atoms with Crippen LogP contribution >= 0.6 is 0 Å². The summed E-state index contributed by atoms with van der Waals surface area (Å²) in [4.78, 5) is 11.2. The second kappa shape index (κ2) is 8.30. The molecule has 130 valence electrons. The van der Waals surface area contributed by atoms with Crippen LogP contribution in [0.4, 0.5) is 0 Å². The van der Waals surface area contributed by atoms with Crippen LogP contribution in [-0.2, 0) is 14.0 Å². The minimum Gasteiger partial charge on any atom is -0.456 e. The van der Waals surface area contributed by atoms with Gasteiger partial charge in [0.1, 0.15) is 5.60 Å². The first-order chi connectivity index (χ1) is 9.81. The molecule has 0 aromatic heterocycles. The monoisotopic (exact) mass is 328 g/mol. The van der Waals surface area contributed by atoms with E-state index in [1.807, 2.05) is 19.9 Å². The Morgan fingerprint density at radius 1 is 1.18 bits per heavy atom. The standard InChI is InChI=1S/C18H36O3Si/c1-10-11-12-16(21-22(8,9)17(3,4)5)13-14-18(6,7)20-15(2)19/h13-14,16H,10-12H2,1-9H3/b14-13+/t16-/m0/s1. The van der Waals surface area contributed by atoms with Crippen LogP contribution in [0.25, 0.3) is 0 Å². The van der Waals surface area contributed by atoms with Gasteiger partial charge < -0.3 is 9.16 Å². The zero-order valence-electron chi connectivity index (χ0n) is 16.1. The van der Waals surface area contributed by atoms with Crippen molar-refractivity contribution in [2.24, 2.45) is 0 Å². The average Bonchev–Trinajstić information content (AvgIpc) is 2.29. The Balaban J connectivity index is 5.03. The zero-order valence-corrected chi connectivity index (χ0v) is 17.1. The predicted molar refractivity (Wildman–Crippen MR) is 96.6 cm³/mol. The Morgan fingerprint density at radius 2 is 1.73 bits per heavy atom. The molecular weight excluding hydrogens is 292 g/mol. The van der Waals surface area contributed by atoms with E-state index in [9.17, 15) is 4.79 Å². The van der Waals surface area contributed by atoms with Crippen molar-refractivity contribution in [1.29, 1.82) is 0 Å². The van der Waals surface area contributed by atoms with Gasteiger partial charge in [-0.15, -0.1) is 0 Å². The highest BCUT2D eigenvalue weighted by Gasteiger charge is 2.38. The molecule has 0 aliphatic heterocycles. The van der Waals surface area contributed by atoms with Crippen LogP contribution in [0.3, 0.4) is 0 Å². The number of hydrogen-bond donors (Lipinski definition) is 0. The minimum atomic E-state index is -1.81. The summed E-state index contributed by atoms with van der Waals surface area (Å²) in [5.41, 5.74) is -0.590. The summed E-state index contributed by atoms with van der Waals surface area (Å²) in [5.74, 6) is -0.259. The maximum absolute atomic E-state index is 11.2. The molecule has 0 N–H and O–H groups in total. The fraction of sp³-hybridized carbons (Fsp3) is 0.833. The zero-order chi connectivity index (χ0) is 17.6. The van der Waals surface area contributed by atoms with E-state index in [1.165, 1.54) is 6.92 Å². The van der Waals surface area contributed by atoms with Crippen LogP contribution in [0.2, 0.25) is 18.1 Å². The lowest BCUT2D eigenvalue weighted by Gasteiger charge is -2.39. The van der Waals surface area contributed by atoms with Crippen LogP contribution in [0.5, 0.6) is 0 Å². The largest absolute Gasteiger partial charge is 0.456 e. The number of carbonyl (C=O) groups excluding carboxylic acids is 1. The molecule has 0 radical (unpaired) electrons. The van der Waals surface area contributed by atoms with Gasteiger partial charge >= 0.3 is 5.97 Å². The van der Waals surface area contributed by atoms with E-state index in [4.69, 9.17) is 9.16 Å². The second-order valence-corrected chi connectivity index (χ2v) is 12.9. The summed E-state index contributed by atoms with van der Waals surface area (Å²) in [6.07, 6.45) is 7.43. The van der Waals surface area contributed by atoms with Crippen molar-refractivity contribution in [3.8, 4) is 0 Å². The first kappa shape index (κ1) is 21.4. The SMILES string of the molecule is CCCC[C@@H](/C=C/C(C)(C)OC(C)=O)O[Si](C)(C)C(C)(C)C. The van der Waals surface area contributed by atoms with Crippen molar-refractivity contribution < 1.29 is 14.0 Å². The Morgan fingerprint density at radius 3 is 2.14 bits per heavy atom. The van der Waals surface area contributed by atoms with Crippen molar-refractivity contribution in [2.45, 2.75) is 97.6 Å². The van der Waals surface area contributed by atoms with E-state index in [0.717, 1.165) is 19.3 Å². The molecule has 1 atom stereocenters. The van der Waals surface area contributed by atoms with E-state index < -0.39 is 13.9 Å². The summed E-state index contributed by atoms with van der Waals surface area (Å²) in [6, 6.07) is 0. The van der Waals surface area contributed by atoms with Crippen LogP contribution in [0, 0.1) is 0 Å². The molecule has 0 aromatic carbocycles. The number of rotatable bonds is 8. The molecule has 0 aromatic rings. The summed E-state index contributed by atoms with van der Waals surface area (Å²) >= 11 is 0. The van der Waals surface area contributed by atoms with Gasteiger partial charge in [-0.2, -0.15) is 0 Å². The van der Waals surface area contributed by atoms with E-state index in [1.54, 1.807) is 0 Å². The average molecular weight is 329 g/mol. The summed E-state index contributed by atoms with van der Waals surface area (Å²) < 4.78 is 11.8. The topological polar surface area (TPSA) is 35.5 Å². The van der Waals surface area contributed by atoms with Crippen molar-refractivity contribution in [1.82, 2.24) is 0 Å². The molecule has 0 aliphatic carbocycles. The summed E-state index contributed by atoms with van der Waals surface area (Å²) in [7, 11) is -1.81. The van der Waals surface area contributed by atoms with Gasteiger partial charge in [-0.3, -0.25) is 4.79 Å². The Kier molecular flexibility index (Phi) is 8.07. The predicted octanol–water partition coefficient (Wildman–Crippen LogP) is 5.46. The number of esters is 1. The fourth-order valence-electron chi connectivity index (χ4n) is 1.90. The third-order valence-corrected chi connectivity index (χ3v) is 8.72. The third-order valence-electron chi connectivity index (χ3n) is 4.21. The van der Waals surface area contributed by atoms with Crippen molar-refractivity contribution in [3.05, 3.63) is 12.2 Å². The van der Waals surface area contributed by atoms with E-state index >= 15 is 0 Å². The van der Waals surface area contributed by atoms with Gasteiger partial charge in [0.25, 0.3) is 0 Å². The van der Waals surface area contributed by atoms with Gasteiger partial charge in [0.15, 0.2) is 8.32 Å². The summed E-state index contributed by atoms with van der Waals surface area (Å²) in [6.45, 7) is 18.7. The molecule has 4 heteroatoms. The lowest BCUT2D eigenvalue weighted by atomic mass is 10.1. The van der Waals surface area contributed by atoms with E-state index in [2.05, 4.69) is 46.9 Å². The maximum atomic E-state index is 11.2. The third kappa shape index (κ3) is 8.13. The fourth-order valence-corrected chi connectivity index (χ4v) is 3.21. The van der Waals surface area contributed by atoms with Crippen molar-refractivity contribution in [3.63, 3.8) is 0 Å². The first-order valence-corrected chi connectivity index (χ1v) is 11.3. The Labute approximate surface area is 138 Å². The van der Waals surface area contributed by atoms with Gasteiger partial charge in [-0.05, 0) is 44.5 Å². The molecule has 3 nitrogen and oxygen atoms in total. The highest BCUT2D eigenvalue weighted by atomic mass is 28.4. The van der Waals surface area contributed by atoms with Gasteiger partial charge in [0, 0.05) is 6.92 Å².